The molecule has 1 aromatic carbocycles. The summed E-state index contributed by atoms with van der Waals surface area (Å²) in [4.78, 5) is 31.7. The number of rotatable bonds is 4. The van der Waals surface area contributed by atoms with Crippen molar-refractivity contribution < 1.29 is 14.3 Å². The summed E-state index contributed by atoms with van der Waals surface area (Å²) in [6, 6.07) is 8.15. The first kappa shape index (κ1) is 24.1. The fourth-order valence-corrected chi connectivity index (χ4v) is 6.69. The van der Waals surface area contributed by atoms with Gasteiger partial charge in [0, 0.05) is 83.9 Å². The molecular formula is C29H25ClFN5O3. The van der Waals surface area contributed by atoms with E-state index in [0.717, 1.165) is 54.0 Å². The number of halogens is 2. The van der Waals surface area contributed by atoms with Gasteiger partial charge in [0.05, 0.1) is 16.4 Å². The third-order valence-electron chi connectivity index (χ3n) is 8.67. The molecule has 0 radical (unpaired) electrons. The maximum Gasteiger partial charge on any atom is 0.341 e. The van der Waals surface area contributed by atoms with Crippen LogP contribution in [0.15, 0.2) is 47.5 Å². The van der Waals surface area contributed by atoms with Crippen molar-refractivity contribution >= 4 is 34.5 Å². The molecule has 0 amide bonds. The van der Waals surface area contributed by atoms with Crippen LogP contribution in [0.3, 0.4) is 0 Å². The van der Waals surface area contributed by atoms with E-state index in [0.29, 0.717) is 28.8 Å². The van der Waals surface area contributed by atoms with Gasteiger partial charge in [0.25, 0.3) is 5.56 Å². The van der Waals surface area contributed by atoms with E-state index in [1.807, 2.05) is 6.07 Å². The van der Waals surface area contributed by atoms with E-state index in [9.17, 15) is 14.7 Å². The molecule has 2 fully saturated rings. The number of benzene rings is 1. The van der Waals surface area contributed by atoms with Gasteiger partial charge in [-0.25, -0.2) is 9.18 Å². The molecule has 4 heterocycles. The van der Waals surface area contributed by atoms with Crippen LogP contribution in [-0.2, 0) is 6.42 Å². The Kier molecular flexibility index (Phi) is 5.12. The van der Waals surface area contributed by atoms with Gasteiger partial charge in [-0.15, -0.1) is 0 Å². The molecule has 2 aliphatic carbocycles. The van der Waals surface area contributed by atoms with Crippen molar-refractivity contribution in [3.63, 3.8) is 0 Å². The maximum atomic E-state index is 15.0. The van der Waals surface area contributed by atoms with Gasteiger partial charge < -0.3 is 21.1 Å². The lowest BCUT2D eigenvalue weighted by Crippen LogP contribution is -2.24. The molecule has 8 nitrogen and oxygen atoms in total. The standard InChI is InChI=1S/C29H25ClFN5O3/c1-33-20-9-19(31)25(30)23-17(20)8-21-24(23)26(35-7-6-29(13-35)10-22(29)32)18(11-34-21)14-2-3-15-4-5-16(28(38)39)27(37)36(15)12-14/h2-5,9,11-12,22,33H,6-8,10,13,32H2,1H3,(H,38,39)/t22-,29-/m1/s1. The Morgan fingerprint density at radius 2 is 2.05 bits per heavy atom. The summed E-state index contributed by atoms with van der Waals surface area (Å²) in [7, 11) is 1.75. The van der Waals surface area contributed by atoms with Crippen LogP contribution in [-0.4, -0.2) is 46.6 Å². The van der Waals surface area contributed by atoms with Gasteiger partial charge in [-0.05, 0) is 42.7 Å². The quantitative estimate of drug-likeness (QED) is 0.307. The number of carboxylic acids is 1. The Morgan fingerprint density at radius 3 is 2.74 bits per heavy atom. The fourth-order valence-electron chi connectivity index (χ4n) is 6.43. The van der Waals surface area contributed by atoms with Gasteiger partial charge in [0.15, 0.2) is 0 Å². The number of nitrogens with zero attached hydrogens (tertiary/aromatic N) is 3. The molecule has 0 unspecified atom stereocenters. The number of anilines is 2. The van der Waals surface area contributed by atoms with Gasteiger partial charge in [0.1, 0.15) is 11.4 Å². The van der Waals surface area contributed by atoms with Crippen molar-refractivity contribution in [1.29, 1.82) is 0 Å². The van der Waals surface area contributed by atoms with E-state index in [4.69, 9.17) is 22.3 Å². The van der Waals surface area contributed by atoms with E-state index < -0.39 is 17.3 Å². The zero-order chi connectivity index (χ0) is 27.2. The average molecular weight is 546 g/mol. The van der Waals surface area contributed by atoms with E-state index in [2.05, 4.69) is 10.2 Å². The highest BCUT2D eigenvalue weighted by molar-refractivity contribution is 6.34. The first-order chi connectivity index (χ1) is 18.7. The molecule has 4 aromatic rings. The minimum atomic E-state index is -1.28. The summed E-state index contributed by atoms with van der Waals surface area (Å²) in [5, 5.41) is 12.6. The smallest absolute Gasteiger partial charge is 0.341 e. The molecule has 3 aromatic heterocycles. The number of carboxylic acid groups (broad SMARTS) is 1. The van der Waals surface area contributed by atoms with Crippen molar-refractivity contribution in [2.24, 2.45) is 11.1 Å². The molecule has 39 heavy (non-hydrogen) atoms. The summed E-state index contributed by atoms with van der Waals surface area (Å²) < 4.78 is 16.4. The maximum absolute atomic E-state index is 15.0. The zero-order valence-electron chi connectivity index (χ0n) is 21.1. The van der Waals surface area contributed by atoms with Crippen LogP contribution < -0.4 is 21.5 Å². The summed E-state index contributed by atoms with van der Waals surface area (Å²) in [5.41, 5.74) is 12.2. The average Bonchev–Trinajstić information content (AvgIpc) is 3.23. The number of hydrogen-bond acceptors (Lipinski definition) is 6. The molecule has 1 saturated heterocycles. The van der Waals surface area contributed by atoms with Crippen LogP contribution in [0.4, 0.5) is 15.8 Å². The Hall–Kier alpha value is -3.95. The molecule has 1 saturated carbocycles. The summed E-state index contributed by atoms with van der Waals surface area (Å²) in [6.45, 7) is 1.53. The predicted octanol–water partition coefficient (Wildman–Crippen LogP) is 4.39. The second-order valence-corrected chi connectivity index (χ2v) is 11.1. The molecular weight excluding hydrogens is 521 g/mol. The number of fused-ring (bicyclic) bond motifs is 4. The van der Waals surface area contributed by atoms with Crippen LogP contribution >= 0.6 is 11.6 Å². The number of carbonyl (C=O) groups is 1. The molecule has 3 aliphatic rings. The molecule has 7 rings (SSSR count). The molecule has 4 N–H and O–H groups in total. The van der Waals surface area contributed by atoms with Crippen LogP contribution in [0.1, 0.15) is 34.5 Å². The highest BCUT2D eigenvalue weighted by atomic mass is 35.5. The van der Waals surface area contributed by atoms with E-state index in [1.165, 1.54) is 16.5 Å². The molecule has 1 spiro atoms. The van der Waals surface area contributed by atoms with E-state index in [1.54, 1.807) is 31.6 Å². The lowest BCUT2D eigenvalue weighted by molar-refractivity contribution is 0.0694. The number of nitrogens with two attached hydrogens (primary N) is 1. The topological polar surface area (TPSA) is 113 Å². The van der Waals surface area contributed by atoms with Gasteiger partial charge in [-0.1, -0.05) is 17.7 Å². The third-order valence-corrected chi connectivity index (χ3v) is 9.04. The fraction of sp³-hybridized carbons (Fsp3) is 0.276. The van der Waals surface area contributed by atoms with Crippen molar-refractivity contribution in [3.05, 3.63) is 80.7 Å². The van der Waals surface area contributed by atoms with E-state index in [-0.39, 0.29) is 22.0 Å². The third kappa shape index (κ3) is 3.43. The van der Waals surface area contributed by atoms with Gasteiger partial charge in [0.2, 0.25) is 0 Å². The second kappa shape index (κ2) is 8.27. The number of aromatic nitrogens is 2. The zero-order valence-corrected chi connectivity index (χ0v) is 21.8. The van der Waals surface area contributed by atoms with Gasteiger partial charge in [-0.3, -0.25) is 14.2 Å². The normalized spacial score (nSPS) is 20.9. The van der Waals surface area contributed by atoms with Crippen LogP contribution in [0.2, 0.25) is 5.02 Å². The summed E-state index contributed by atoms with van der Waals surface area (Å²) in [6.07, 6.45) is 5.86. The van der Waals surface area contributed by atoms with Crippen molar-refractivity contribution in [2.45, 2.75) is 25.3 Å². The first-order valence-electron chi connectivity index (χ1n) is 12.8. The number of hydrogen-bond donors (Lipinski definition) is 3. The molecule has 1 aliphatic heterocycles. The molecule has 2 atom stereocenters. The molecule has 0 bridgehead atoms. The minimum Gasteiger partial charge on any atom is -0.477 e. The highest BCUT2D eigenvalue weighted by Gasteiger charge is 2.56. The highest BCUT2D eigenvalue weighted by Crippen LogP contribution is 2.57. The molecule has 198 valence electrons. The first-order valence-corrected chi connectivity index (χ1v) is 13.2. The van der Waals surface area contributed by atoms with Crippen molar-refractivity contribution in [1.82, 2.24) is 9.38 Å². The minimum absolute atomic E-state index is 0.0563. The van der Waals surface area contributed by atoms with Crippen molar-refractivity contribution in [2.75, 3.05) is 30.4 Å². The van der Waals surface area contributed by atoms with Crippen molar-refractivity contribution in [3.8, 4) is 22.3 Å². The Labute approximate surface area is 227 Å². The summed E-state index contributed by atoms with van der Waals surface area (Å²) >= 11 is 6.64. The molecule has 10 heteroatoms. The summed E-state index contributed by atoms with van der Waals surface area (Å²) in [5.74, 6) is -1.79. The Morgan fingerprint density at radius 1 is 1.28 bits per heavy atom. The van der Waals surface area contributed by atoms with Crippen LogP contribution in [0.5, 0.6) is 0 Å². The monoisotopic (exact) mass is 545 g/mol. The SMILES string of the molecule is CNc1cc(F)c(Cl)c2c1Cc1ncc(-c3ccc4ccc(C(=O)O)c(=O)n4c3)c(N3CC[C@@]4(C[C@H]4N)C3)c1-2. The number of nitrogens with one attached hydrogen (secondary N) is 1. The van der Waals surface area contributed by atoms with E-state index >= 15 is 4.39 Å². The van der Waals surface area contributed by atoms with Gasteiger partial charge in [-0.2, -0.15) is 0 Å². The number of aromatic carboxylic acids is 1. The van der Waals surface area contributed by atoms with Crippen LogP contribution in [0.25, 0.3) is 27.8 Å². The van der Waals surface area contributed by atoms with Gasteiger partial charge >= 0.3 is 5.97 Å². The largest absolute Gasteiger partial charge is 0.477 e. The lowest BCUT2D eigenvalue weighted by Gasteiger charge is -2.26. The Bertz CT molecular complexity index is 1800. The second-order valence-electron chi connectivity index (χ2n) is 10.8. The van der Waals surface area contributed by atoms with Crippen LogP contribution in [0, 0.1) is 11.2 Å². The Balaban J connectivity index is 1.50. The predicted molar refractivity (Wildman–Crippen MR) is 148 cm³/mol. The lowest BCUT2D eigenvalue weighted by atomic mass is 9.97. The number of pyridine rings is 3.